The zero-order valence-corrected chi connectivity index (χ0v) is 35.8. The van der Waals surface area contributed by atoms with E-state index in [9.17, 15) is 0 Å². The zero-order chi connectivity index (χ0) is 37.4. The van der Waals surface area contributed by atoms with Crippen LogP contribution in [0.3, 0.4) is 0 Å². The first kappa shape index (κ1) is 44.5. The Labute approximate surface area is 303 Å². The molecule has 0 aliphatic rings. The van der Waals surface area contributed by atoms with Gasteiger partial charge < -0.3 is 0 Å². The Balaban J connectivity index is 3.16. The van der Waals surface area contributed by atoms with Crippen molar-refractivity contribution in [2.75, 3.05) is 0 Å². The molecule has 1 aromatic rings. The Morgan fingerprint density at radius 1 is 0.667 bits per heavy atom. The predicted molar refractivity (Wildman–Crippen MR) is 220 cm³/mol. The molecule has 1 aromatic carbocycles. The molecule has 0 amide bonds. The monoisotopic (exact) mass is 661 g/mol. The van der Waals surface area contributed by atoms with E-state index in [2.05, 4.69) is 180 Å². The zero-order valence-electron chi connectivity index (χ0n) is 35.8. The van der Waals surface area contributed by atoms with Gasteiger partial charge in [0, 0.05) is 0 Å². The van der Waals surface area contributed by atoms with Crippen molar-refractivity contribution < 1.29 is 0 Å². The van der Waals surface area contributed by atoms with Gasteiger partial charge in [-0.2, -0.15) is 0 Å². The van der Waals surface area contributed by atoms with Crippen LogP contribution >= 0.6 is 0 Å². The molecule has 0 aromatic heterocycles. The van der Waals surface area contributed by atoms with Crippen LogP contribution in [-0.4, -0.2) is 0 Å². The summed E-state index contributed by atoms with van der Waals surface area (Å²) in [6.45, 7) is 48.7. The Kier molecular flexibility index (Phi) is 15.8. The largest absolute Gasteiger partial charge is 0.0991 e. The molecule has 0 bridgehead atoms. The van der Waals surface area contributed by atoms with Gasteiger partial charge in [0.15, 0.2) is 0 Å². The van der Waals surface area contributed by atoms with E-state index in [-0.39, 0.29) is 32.5 Å². The molecule has 3 unspecified atom stereocenters. The van der Waals surface area contributed by atoms with Gasteiger partial charge in [0.25, 0.3) is 0 Å². The van der Waals surface area contributed by atoms with E-state index in [1.807, 2.05) is 6.08 Å². The number of benzene rings is 1. The highest BCUT2D eigenvalue weighted by Gasteiger charge is 2.47. The van der Waals surface area contributed by atoms with Crippen LogP contribution in [0.25, 0.3) is 0 Å². The van der Waals surface area contributed by atoms with Crippen molar-refractivity contribution in [3.8, 4) is 0 Å². The summed E-state index contributed by atoms with van der Waals surface area (Å²) in [5.74, 6) is 1.70. The molecule has 0 saturated heterocycles. The molecule has 0 fully saturated rings. The van der Waals surface area contributed by atoms with Crippen molar-refractivity contribution in [3.63, 3.8) is 0 Å². The lowest BCUT2D eigenvalue weighted by Gasteiger charge is -2.52. The lowest BCUT2D eigenvalue weighted by molar-refractivity contribution is 0.00689. The van der Waals surface area contributed by atoms with Crippen LogP contribution in [0.1, 0.15) is 187 Å². The number of rotatable bonds is 19. The standard InChI is InChI=1S/C48H84/c1-20-28-37(29-21-2)40(35-42(4,5)6)47(16,17)45(12,13)33-27-26-32-44(10,11)39(22-3)34-46(14,15)48(18,19)41(36-43(7,8)9)38-30-24-23-25-31-38/h20-21,23-25,28-31,39-41H,1,22,26-27,32-36H2,2-19H3/b29-21-,37-28+. The third-order valence-corrected chi connectivity index (χ3v) is 13.4. The first-order valence-electron chi connectivity index (χ1n) is 19.7. The Morgan fingerprint density at radius 2 is 1.19 bits per heavy atom. The molecule has 0 heteroatoms. The fourth-order valence-electron chi connectivity index (χ4n) is 8.58. The molecule has 0 radical (unpaired) electrons. The number of hydrogen-bond donors (Lipinski definition) is 0. The van der Waals surface area contributed by atoms with Gasteiger partial charge in [-0.15, -0.1) is 0 Å². The summed E-state index contributed by atoms with van der Waals surface area (Å²) in [4.78, 5) is 0. The maximum absolute atomic E-state index is 4.07. The minimum atomic E-state index is 0.147. The molecule has 0 heterocycles. The lowest BCUT2D eigenvalue weighted by Crippen LogP contribution is -2.42. The number of allylic oxidation sites excluding steroid dienone is 5. The molecule has 0 aliphatic heterocycles. The molecule has 0 aliphatic carbocycles. The Morgan fingerprint density at radius 3 is 1.65 bits per heavy atom. The highest BCUT2D eigenvalue weighted by molar-refractivity contribution is 5.28. The van der Waals surface area contributed by atoms with Gasteiger partial charge in [0.05, 0.1) is 0 Å². The molecule has 0 N–H and O–H groups in total. The van der Waals surface area contributed by atoms with E-state index >= 15 is 0 Å². The number of unbranched alkanes of at least 4 members (excludes halogenated alkanes) is 1. The van der Waals surface area contributed by atoms with Crippen LogP contribution in [0, 0.1) is 49.7 Å². The predicted octanol–water partition coefficient (Wildman–Crippen LogP) is 16.1. The first-order valence-corrected chi connectivity index (χ1v) is 19.7. The molecule has 0 spiro atoms. The van der Waals surface area contributed by atoms with Crippen molar-refractivity contribution in [2.24, 2.45) is 49.7 Å². The maximum Gasteiger partial charge on any atom is -0.0101 e. The van der Waals surface area contributed by atoms with Crippen LogP contribution < -0.4 is 0 Å². The summed E-state index contributed by atoms with van der Waals surface area (Å²) in [6.07, 6.45) is 18.8. The van der Waals surface area contributed by atoms with Crippen molar-refractivity contribution in [1.29, 1.82) is 0 Å². The van der Waals surface area contributed by atoms with Crippen molar-refractivity contribution in [3.05, 3.63) is 72.4 Å². The van der Waals surface area contributed by atoms with Crippen LogP contribution in [0.5, 0.6) is 0 Å². The average molecular weight is 661 g/mol. The molecular formula is C48H84. The Hall–Kier alpha value is -1.56. The molecule has 48 heavy (non-hydrogen) atoms. The van der Waals surface area contributed by atoms with Gasteiger partial charge in [0.1, 0.15) is 0 Å². The van der Waals surface area contributed by atoms with Crippen molar-refractivity contribution >= 4 is 0 Å². The van der Waals surface area contributed by atoms with E-state index in [0.717, 1.165) is 0 Å². The van der Waals surface area contributed by atoms with Crippen LogP contribution in [0.2, 0.25) is 0 Å². The van der Waals surface area contributed by atoms with E-state index < -0.39 is 0 Å². The van der Waals surface area contributed by atoms with E-state index in [1.165, 1.54) is 62.5 Å². The highest BCUT2D eigenvalue weighted by Crippen LogP contribution is 2.57. The minimum Gasteiger partial charge on any atom is -0.0991 e. The first-order chi connectivity index (χ1) is 21.7. The average Bonchev–Trinajstić information content (AvgIpc) is 2.94. The Bertz CT molecular complexity index is 1150. The topological polar surface area (TPSA) is 0 Å². The van der Waals surface area contributed by atoms with Gasteiger partial charge in [-0.05, 0) is 106 Å². The van der Waals surface area contributed by atoms with E-state index in [4.69, 9.17) is 0 Å². The summed E-state index contributed by atoms with van der Waals surface area (Å²) in [5, 5.41) is 0. The van der Waals surface area contributed by atoms with E-state index in [1.54, 1.807) is 0 Å². The second-order valence-corrected chi connectivity index (χ2v) is 21.2. The molecule has 0 nitrogen and oxygen atoms in total. The fraction of sp³-hybridized carbons (Fsp3) is 0.750. The third kappa shape index (κ3) is 12.3. The second kappa shape index (κ2) is 17.1. The van der Waals surface area contributed by atoms with Crippen LogP contribution in [0.4, 0.5) is 0 Å². The smallest absolute Gasteiger partial charge is 0.0101 e. The molecule has 0 saturated carbocycles. The lowest BCUT2D eigenvalue weighted by atomic mass is 9.53. The normalized spacial score (nSPS) is 16.7. The summed E-state index contributed by atoms with van der Waals surface area (Å²) in [6, 6.07) is 11.4. The highest BCUT2D eigenvalue weighted by atomic mass is 14.5. The van der Waals surface area contributed by atoms with Gasteiger partial charge in [-0.25, -0.2) is 0 Å². The number of hydrogen-bond acceptors (Lipinski definition) is 0. The van der Waals surface area contributed by atoms with Crippen molar-refractivity contribution in [1.82, 2.24) is 0 Å². The maximum atomic E-state index is 4.07. The molecule has 1 rings (SSSR count). The quantitative estimate of drug-likeness (QED) is 0.102. The van der Waals surface area contributed by atoms with Gasteiger partial charge in [-0.3, -0.25) is 0 Å². The van der Waals surface area contributed by atoms with Gasteiger partial charge in [0.2, 0.25) is 0 Å². The van der Waals surface area contributed by atoms with E-state index in [0.29, 0.717) is 23.2 Å². The third-order valence-electron chi connectivity index (χ3n) is 13.4. The summed E-state index contributed by atoms with van der Waals surface area (Å²) >= 11 is 0. The van der Waals surface area contributed by atoms with Crippen LogP contribution in [-0.2, 0) is 0 Å². The summed E-state index contributed by atoms with van der Waals surface area (Å²) < 4.78 is 0. The molecule has 276 valence electrons. The van der Waals surface area contributed by atoms with Gasteiger partial charge >= 0.3 is 0 Å². The second-order valence-electron chi connectivity index (χ2n) is 21.2. The molecule has 3 atom stereocenters. The van der Waals surface area contributed by atoms with Crippen LogP contribution in [0.15, 0.2) is 66.8 Å². The SMILES string of the molecule is C=C/C=C(\C=C/C)C(CC(C)(C)C)C(C)(C)C(C)(C)CCCCC(C)(C)C(CC)CC(C)(C)C(C)(C)C(CC(C)(C)C)c1ccccc1. The molecular weight excluding hydrogens is 577 g/mol. The fourth-order valence-corrected chi connectivity index (χ4v) is 8.58. The summed E-state index contributed by atoms with van der Waals surface area (Å²) in [7, 11) is 0. The minimum absolute atomic E-state index is 0.147. The summed E-state index contributed by atoms with van der Waals surface area (Å²) in [5.41, 5.74) is 4.51. The van der Waals surface area contributed by atoms with Gasteiger partial charge in [-0.1, -0.05) is 198 Å². The van der Waals surface area contributed by atoms with Crippen molar-refractivity contribution in [2.45, 2.75) is 182 Å².